The molecule has 1 unspecified atom stereocenters. The Morgan fingerprint density at radius 3 is 2.79 bits per heavy atom. The van der Waals surface area contributed by atoms with Crippen molar-refractivity contribution in [3.05, 3.63) is 28.8 Å². The van der Waals surface area contributed by atoms with Crippen LogP contribution in [0.5, 0.6) is 0 Å². The number of nitrogens with one attached hydrogen (secondary N) is 2. The summed E-state index contributed by atoms with van der Waals surface area (Å²) in [5.74, 6) is -1.89. The van der Waals surface area contributed by atoms with Gasteiger partial charge in [0.05, 0.1) is 6.61 Å². The molecule has 3 rings (SSSR count). The van der Waals surface area contributed by atoms with Gasteiger partial charge in [0.2, 0.25) is 0 Å². The van der Waals surface area contributed by atoms with E-state index in [9.17, 15) is 9.59 Å². The Kier molecular flexibility index (Phi) is 5.08. The van der Waals surface area contributed by atoms with Crippen LogP contribution in [0.4, 0.5) is 5.69 Å². The lowest BCUT2D eigenvalue weighted by atomic mass is 10.2. The summed E-state index contributed by atoms with van der Waals surface area (Å²) in [6.07, 6.45) is 3.77. The maximum atomic E-state index is 12.0. The maximum absolute atomic E-state index is 12.0. The lowest BCUT2D eigenvalue weighted by molar-refractivity contribution is -0.161. The molecule has 2 fully saturated rings. The Morgan fingerprint density at radius 1 is 1.29 bits per heavy atom. The molecule has 1 aromatic carbocycles. The van der Waals surface area contributed by atoms with Crippen LogP contribution in [0.25, 0.3) is 0 Å². The molecule has 2 amide bonds. The van der Waals surface area contributed by atoms with Gasteiger partial charge in [-0.05, 0) is 37.5 Å². The van der Waals surface area contributed by atoms with Gasteiger partial charge in [-0.3, -0.25) is 9.59 Å². The Hall–Kier alpha value is -1.63. The van der Waals surface area contributed by atoms with Gasteiger partial charge in [0.1, 0.15) is 6.10 Å². The standard InChI is InChI=1S/C17H21ClN2O4/c1-11-13(18)5-4-6-14(11)20-16(22)15(21)19-9-12-10-23-17(24-12)7-2-3-8-17/h4-6,12H,2-3,7-10H2,1H3,(H,19,21)(H,20,22). The molecule has 1 atom stereocenters. The first-order valence-corrected chi connectivity index (χ1v) is 8.53. The third-order valence-corrected chi connectivity index (χ3v) is 4.90. The molecule has 24 heavy (non-hydrogen) atoms. The number of ether oxygens (including phenoxy) is 2. The molecule has 2 aliphatic rings. The van der Waals surface area contributed by atoms with E-state index >= 15 is 0 Å². The lowest BCUT2D eigenvalue weighted by Crippen LogP contribution is -2.40. The minimum absolute atomic E-state index is 0.215. The van der Waals surface area contributed by atoms with Crippen molar-refractivity contribution < 1.29 is 19.1 Å². The van der Waals surface area contributed by atoms with E-state index in [-0.39, 0.29) is 12.6 Å². The molecule has 1 spiro atoms. The first kappa shape index (κ1) is 17.2. The predicted octanol–water partition coefficient (Wildman–Crippen LogP) is 2.39. The Morgan fingerprint density at radius 2 is 2.04 bits per heavy atom. The first-order valence-electron chi connectivity index (χ1n) is 8.15. The van der Waals surface area contributed by atoms with Gasteiger partial charge >= 0.3 is 11.8 Å². The molecular formula is C17H21ClN2O4. The number of halogens is 1. The molecule has 130 valence electrons. The summed E-state index contributed by atoms with van der Waals surface area (Å²) in [4.78, 5) is 24.0. The van der Waals surface area contributed by atoms with Crippen LogP contribution in [-0.4, -0.2) is 36.9 Å². The third kappa shape index (κ3) is 3.71. The molecule has 1 aliphatic carbocycles. The van der Waals surface area contributed by atoms with Crippen LogP contribution in [0.15, 0.2) is 18.2 Å². The van der Waals surface area contributed by atoms with E-state index in [4.69, 9.17) is 21.1 Å². The van der Waals surface area contributed by atoms with Crippen LogP contribution in [0.3, 0.4) is 0 Å². The smallest absolute Gasteiger partial charge is 0.313 e. The van der Waals surface area contributed by atoms with Gasteiger partial charge in [-0.15, -0.1) is 0 Å². The summed E-state index contributed by atoms with van der Waals surface area (Å²) in [5, 5.41) is 5.70. The molecule has 1 heterocycles. The number of hydrogen-bond donors (Lipinski definition) is 2. The van der Waals surface area contributed by atoms with E-state index < -0.39 is 17.6 Å². The van der Waals surface area contributed by atoms with Gasteiger partial charge in [0, 0.05) is 30.1 Å². The summed E-state index contributed by atoms with van der Waals surface area (Å²) in [6.45, 7) is 2.47. The van der Waals surface area contributed by atoms with Crippen molar-refractivity contribution in [3.63, 3.8) is 0 Å². The number of rotatable bonds is 3. The van der Waals surface area contributed by atoms with E-state index in [0.29, 0.717) is 17.3 Å². The number of carbonyl (C=O) groups excluding carboxylic acids is 2. The molecule has 1 saturated heterocycles. The SMILES string of the molecule is Cc1c(Cl)cccc1NC(=O)C(=O)NCC1COC2(CCCC2)O1. The lowest BCUT2D eigenvalue weighted by Gasteiger charge is -2.21. The molecule has 0 bridgehead atoms. The highest BCUT2D eigenvalue weighted by atomic mass is 35.5. The summed E-state index contributed by atoms with van der Waals surface area (Å²) >= 11 is 6.00. The number of hydrogen-bond acceptors (Lipinski definition) is 4. The molecule has 6 nitrogen and oxygen atoms in total. The summed E-state index contributed by atoms with van der Waals surface area (Å²) in [5.41, 5.74) is 1.24. The zero-order valence-electron chi connectivity index (χ0n) is 13.6. The monoisotopic (exact) mass is 352 g/mol. The number of amides is 2. The Bertz CT molecular complexity index is 643. The predicted molar refractivity (Wildman–Crippen MR) is 89.9 cm³/mol. The summed E-state index contributed by atoms with van der Waals surface area (Å²) in [7, 11) is 0. The van der Waals surface area contributed by atoms with Crippen LogP contribution >= 0.6 is 11.6 Å². The van der Waals surface area contributed by atoms with Crippen molar-refractivity contribution in [3.8, 4) is 0 Å². The number of benzene rings is 1. The van der Waals surface area contributed by atoms with Crippen molar-refractivity contribution in [2.75, 3.05) is 18.5 Å². The van der Waals surface area contributed by atoms with Crippen molar-refractivity contribution in [2.45, 2.75) is 44.5 Å². The van der Waals surface area contributed by atoms with Crippen LogP contribution < -0.4 is 10.6 Å². The van der Waals surface area contributed by atoms with E-state index in [1.54, 1.807) is 25.1 Å². The highest BCUT2D eigenvalue weighted by Gasteiger charge is 2.43. The second kappa shape index (κ2) is 7.09. The second-order valence-corrected chi connectivity index (χ2v) is 6.65. The Labute approximate surface area is 145 Å². The fraction of sp³-hybridized carbons (Fsp3) is 0.529. The highest BCUT2D eigenvalue weighted by Crippen LogP contribution is 2.38. The van der Waals surface area contributed by atoms with Crippen LogP contribution in [0.2, 0.25) is 5.02 Å². The maximum Gasteiger partial charge on any atom is 0.313 e. The molecule has 7 heteroatoms. The van der Waals surface area contributed by atoms with E-state index in [1.807, 2.05) is 0 Å². The van der Waals surface area contributed by atoms with Crippen molar-refractivity contribution >= 4 is 29.1 Å². The van der Waals surface area contributed by atoms with Gasteiger partial charge in [-0.25, -0.2) is 0 Å². The second-order valence-electron chi connectivity index (χ2n) is 6.25. The molecule has 0 aromatic heterocycles. The van der Waals surface area contributed by atoms with E-state index in [1.165, 1.54) is 0 Å². The van der Waals surface area contributed by atoms with Crippen LogP contribution in [0, 0.1) is 6.92 Å². The summed E-state index contributed by atoms with van der Waals surface area (Å²) < 4.78 is 11.6. The zero-order valence-corrected chi connectivity index (χ0v) is 14.3. The Balaban J connectivity index is 1.48. The van der Waals surface area contributed by atoms with Crippen molar-refractivity contribution in [1.82, 2.24) is 5.32 Å². The van der Waals surface area contributed by atoms with E-state index in [0.717, 1.165) is 31.2 Å². The van der Waals surface area contributed by atoms with Crippen molar-refractivity contribution in [2.24, 2.45) is 0 Å². The summed E-state index contributed by atoms with van der Waals surface area (Å²) in [6, 6.07) is 5.14. The molecule has 1 saturated carbocycles. The first-order chi connectivity index (χ1) is 11.5. The van der Waals surface area contributed by atoms with Crippen molar-refractivity contribution in [1.29, 1.82) is 0 Å². The highest BCUT2D eigenvalue weighted by molar-refractivity contribution is 6.40. The van der Waals surface area contributed by atoms with Gasteiger partial charge in [-0.1, -0.05) is 17.7 Å². The topological polar surface area (TPSA) is 76.7 Å². The minimum Gasteiger partial charge on any atom is -0.347 e. The minimum atomic E-state index is -0.727. The van der Waals surface area contributed by atoms with Gasteiger partial charge in [0.25, 0.3) is 0 Å². The molecule has 0 radical (unpaired) electrons. The normalized spacial score (nSPS) is 21.8. The average molecular weight is 353 g/mol. The van der Waals surface area contributed by atoms with Crippen LogP contribution in [0.1, 0.15) is 31.2 Å². The molecule has 2 N–H and O–H groups in total. The number of carbonyl (C=O) groups is 2. The molecule has 1 aliphatic heterocycles. The number of anilines is 1. The largest absolute Gasteiger partial charge is 0.347 e. The third-order valence-electron chi connectivity index (χ3n) is 4.49. The molecular weight excluding hydrogens is 332 g/mol. The van der Waals surface area contributed by atoms with E-state index in [2.05, 4.69) is 10.6 Å². The fourth-order valence-electron chi connectivity index (χ4n) is 3.10. The van der Waals surface area contributed by atoms with Gasteiger partial charge < -0.3 is 20.1 Å². The van der Waals surface area contributed by atoms with Gasteiger partial charge in [-0.2, -0.15) is 0 Å². The zero-order chi connectivity index (χ0) is 17.2. The fourth-order valence-corrected chi connectivity index (χ4v) is 3.28. The average Bonchev–Trinajstić information content (AvgIpc) is 3.19. The quantitative estimate of drug-likeness (QED) is 0.819. The van der Waals surface area contributed by atoms with Gasteiger partial charge in [0.15, 0.2) is 5.79 Å². The van der Waals surface area contributed by atoms with Crippen LogP contribution in [-0.2, 0) is 19.1 Å². The molecule has 1 aromatic rings.